The number of allylic oxidation sites excluding steroid dienone is 1. The number of hydrogen-bond acceptors (Lipinski definition) is 2. The summed E-state index contributed by atoms with van der Waals surface area (Å²) < 4.78 is 0. The molecule has 2 heteroatoms. The molecule has 0 bridgehead atoms. The molecule has 0 amide bonds. The van der Waals surface area contributed by atoms with E-state index in [0.29, 0.717) is 0 Å². The van der Waals surface area contributed by atoms with E-state index in [-0.39, 0.29) is 0 Å². The summed E-state index contributed by atoms with van der Waals surface area (Å²) in [6.45, 7) is 5.23. The molecule has 0 unspecified atom stereocenters. The average Bonchev–Trinajstić information content (AvgIpc) is 2.56. The fourth-order valence-corrected chi connectivity index (χ4v) is 1.75. The number of carbonyl (C=O) groups excluding carboxylic acids is 1. The molecular formula is C19H23NO. The zero-order valence-electron chi connectivity index (χ0n) is 13.0. The van der Waals surface area contributed by atoms with E-state index in [9.17, 15) is 4.79 Å². The fourth-order valence-electron chi connectivity index (χ4n) is 1.75. The summed E-state index contributed by atoms with van der Waals surface area (Å²) in [6, 6.07) is 17.7. The van der Waals surface area contributed by atoms with Crippen molar-refractivity contribution in [1.29, 1.82) is 0 Å². The van der Waals surface area contributed by atoms with Crippen molar-refractivity contribution in [3.05, 3.63) is 71.8 Å². The van der Waals surface area contributed by atoms with Crippen LogP contribution in [0, 0.1) is 0 Å². The van der Waals surface area contributed by atoms with Crippen LogP contribution in [0.15, 0.2) is 60.7 Å². The Hall–Kier alpha value is -2.35. The number of anilines is 1. The second kappa shape index (κ2) is 9.54. The fraction of sp³-hybridized carbons (Fsp3) is 0.211. The molecule has 0 aliphatic heterocycles. The molecule has 2 aromatic carbocycles. The van der Waals surface area contributed by atoms with Crippen molar-refractivity contribution >= 4 is 18.0 Å². The zero-order valence-corrected chi connectivity index (χ0v) is 13.0. The molecule has 0 aromatic heterocycles. The van der Waals surface area contributed by atoms with Gasteiger partial charge in [0.05, 0.1) is 0 Å². The van der Waals surface area contributed by atoms with Crippen molar-refractivity contribution in [2.75, 3.05) is 18.5 Å². The Morgan fingerprint density at radius 2 is 1.57 bits per heavy atom. The minimum atomic E-state index is 0.729. The molecule has 0 spiro atoms. The highest BCUT2D eigenvalue weighted by molar-refractivity contribution is 5.74. The van der Waals surface area contributed by atoms with E-state index < -0.39 is 0 Å². The second-order valence-electron chi connectivity index (χ2n) is 4.63. The van der Waals surface area contributed by atoms with E-state index in [2.05, 4.69) is 55.3 Å². The molecule has 21 heavy (non-hydrogen) atoms. The summed E-state index contributed by atoms with van der Waals surface area (Å²) >= 11 is 0. The standard InChI is InChI=1S/C12H17N.C7H6O/c1-4-6-11-7-9-12(10-8-11)13(3)5-2;8-6-7-4-2-1-3-5-7/h4,6-10H,5H2,1-3H3;1-6H/b6-4+;. The number of benzene rings is 2. The van der Waals surface area contributed by atoms with E-state index in [1.165, 1.54) is 11.3 Å². The first-order chi connectivity index (χ1) is 10.2. The molecule has 2 nitrogen and oxygen atoms in total. The summed E-state index contributed by atoms with van der Waals surface area (Å²) in [5, 5.41) is 0. The first kappa shape index (κ1) is 16.7. The number of nitrogens with zero attached hydrogens (tertiary/aromatic N) is 1. The molecular weight excluding hydrogens is 258 g/mol. The average molecular weight is 281 g/mol. The Morgan fingerprint density at radius 1 is 0.952 bits per heavy atom. The van der Waals surface area contributed by atoms with Crippen molar-refractivity contribution in [3.8, 4) is 0 Å². The predicted molar refractivity (Wildman–Crippen MR) is 91.9 cm³/mol. The van der Waals surface area contributed by atoms with Gasteiger partial charge in [0.15, 0.2) is 0 Å². The molecule has 2 rings (SSSR count). The van der Waals surface area contributed by atoms with Crippen LogP contribution in [0.25, 0.3) is 6.08 Å². The summed E-state index contributed by atoms with van der Waals surface area (Å²) in [6.07, 6.45) is 4.99. The molecule has 2 aromatic rings. The number of rotatable bonds is 4. The van der Waals surface area contributed by atoms with Crippen molar-refractivity contribution < 1.29 is 4.79 Å². The molecule has 0 radical (unpaired) electrons. The Balaban J connectivity index is 0.000000235. The third-order valence-corrected chi connectivity index (χ3v) is 3.10. The van der Waals surface area contributed by atoms with E-state index in [1.807, 2.05) is 25.1 Å². The molecule has 0 atom stereocenters. The van der Waals surface area contributed by atoms with Gasteiger partial charge in [-0.25, -0.2) is 0 Å². The monoisotopic (exact) mass is 281 g/mol. The van der Waals surface area contributed by atoms with Gasteiger partial charge in [0.1, 0.15) is 6.29 Å². The number of hydrogen-bond donors (Lipinski definition) is 0. The van der Waals surface area contributed by atoms with Crippen LogP contribution in [-0.2, 0) is 0 Å². The van der Waals surface area contributed by atoms with Gasteiger partial charge in [-0.1, -0.05) is 54.6 Å². The predicted octanol–water partition coefficient (Wildman–Crippen LogP) is 4.67. The molecule has 0 fully saturated rings. The molecule has 0 aliphatic carbocycles. The van der Waals surface area contributed by atoms with Crippen LogP contribution in [0.2, 0.25) is 0 Å². The highest BCUT2D eigenvalue weighted by Gasteiger charge is 1.95. The van der Waals surface area contributed by atoms with Gasteiger partial charge in [-0.2, -0.15) is 0 Å². The SMILES string of the molecule is C/C=C/c1ccc(N(C)CC)cc1.O=Cc1ccccc1. The van der Waals surface area contributed by atoms with E-state index in [4.69, 9.17) is 0 Å². The Kier molecular flexibility index (Phi) is 7.59. The van der Waals surface area contributed by atoms with Gasteiger partial charge in [0.25, 0.3) is 0 Å². The van der Waals surface area contributed by atoms with Gasteiger partial charge >= 0.3 is 0 Å². The lowest BCUT2D eigenvalue weighted by molar-refractivity contribution is 0.112. The van der Waals surface area contributed by atoms with Crippen LogP contribution >= 0.6 is 0 Å². The van der Waals surface area contributed by atoms with E-state index in [0.717, 1.165) is 18.4 Å². The van der Waals surface area contributed by atoms with Gasteiger partial charge in [-0.15, -0.1) is 0 Å². The van der Waals surface area contributed by atoms with Crippen LogP contribution in [0.4, 0.5) is 5.69 Å². The normalized spacial score (nSPS) is 9.86. The molecule has 0 saturated heterocycles. The van der Waals surface area contributed by atoms with Gasteiger partial charge in [0, 0.05) is 24.8 Å². The van der Waals surface area contributed by atoms with Crippen molar-refractivity contribution in [3.63, 3.8) is 0 Å². The van der Waals surface area contributed by atoms with Crippen molar-refractivity contribution in [2.24, 2.45) is 0 Å². The first-order valence-corrected chi connectivity index (χ1v) is 7.15. The molecule has 0 aliphatic rings. The second-order valence-corrected chi connectivity index (χ2v) is 4.63. The molecule has 0 N–H and O–H groups in total. The maximum atomic E-state index is 10.0. The van der Waals surface area contributed by atoms with Gasteiger partial charge < -0.3 is 4.90 Å². The quantitative estimate of drug-likeness (QED) is 0.759. The maximum absolute atomic E-state index is 10.0. The number of aldehydes is 1. The minimum Gasteiger partial charge on any atom is -0.375 e. The minimum absolute atomic E-state index is 0.729. The molecule has 110 valence electrons. The summed E-state index contributed by atoms with van der Waals surface area (Å²) in [5.41, 5.74) is 3.26. The largest absolute Gasteiger partial charge is 0.375 e. The smallest absolute Gasteiger partial charge is 0.150 e. The molecule has 0 heterocycles. The topological polar surface area (TPSA) is 20.3 Å². The van der Waals surface area contributed by atoms with Gasteiger partial charge in [-0.3, -0.25) is 4.79 Å². The van der Waals surface area contributed by atoms with Crippen molar-refractivity contribution in [1.82, 2.24) is 0 Å². The van der Waals surface area contributed by atoms with Crippen molar-refractivity contribution in [2.45, 2.75) is 13.8 Å². The van der Waals surface area contributed by atoms with Crippen LogP contribution in [0.5, 0.6) is 0 Å². The third-order valence-electron chi connectivity index (χ3n) is 3.10. The van der Waals surface area contributed by atoms with Crippen LogP contribution in [0.1, 0.15) is 29.8 Å². The third kappa shape index (κ3) is 6.09. The van der Waals surface area contributed by atoms with Gasteiger partial charge in [0.2, 0.25) is 0 Å². The first-order valence-electron chi connectivity index (χ1n) is 7.15. The zero-order chi connectivity index (χ0) is 15.5. The lowest BCUT2D eigenvalue weighted by Crippen LogP contribution is -2.15. The van der Waals surface area contributed by atoms with Crippen LogP contribution in [0.3, 0.4) is 0 Å². The van der Waals surface area contributed by atoms with Crippen LogP contribution < -0.4 is 4.90 Å². The van der Waals surface area contributed by atoms with Gasteiger partial charge in [-0.05, 0) is 31.5 Å². The van der Waals surface area contributed by atoms with E-state index >= 15 is 0 Å². The van der Waals surface area contributed by atoms with E-state index in [1.54, 1.807) is 12.1 Å². The highest BCUT2D eigenvalue weighted by Crippen LogP contribution is 2.14. The summed E-state index contributed by atoms with van der Waals surface area (Å²) in [7, 11) is 2.10. The lowest BCUT2D eigenvalue weighted by atomic mass is 10.2. The Morgan fingerprint density at radius 3 is 2.00 bits per heavy atom. The summed E-state index contributed by atoms with van der Waals surface area (Å²) in [5.74, 6) is 0. The Labute approximate surface area is 127 Å². The van der Waals surface area contributed by atoms with Crippen LogP contribution in [-0.4, -0.2) is 19.9 Å². The number of carbonyl (C=O) groups is 1. The lowest BCUT2D eigenvalue weighted by Gasteiger charge is -2.16. The maximum Gasteiger partial charge on any atom is 0.150 e. The highest BCUT2D eigenvalue weighted by atomic mass is 16.1. The molecule has 0 saturated carbocycles. The Bertz CT molecular complexity index is 544. The summed E-state index contributed by atoms with van der Waals surface area (Å²) in [4.78, 5) is 12.2.